The highest BCUT2D eigenvalue weighted by molar-refractivity contribution is 5.02. The third-order valence-electron chi connectivity index (χ3n) is 4.53. The zero-order chi connectivity index (χ0) is 15.3. The van der Waals surface area contributed by atoms with E-state index in [1.807, 2.05) is 13.8 Å². The fourth-order valence-corrected chi connectivity index (χ4v) is 2.82. The SMILES string of the molecule is CCC(O)(CC)CN1CCOCC1CC(O)c1ccco1. The summed E-state index contributed by atoms with van der Waals surface area (Å²) in [6, 6.07) is 3.66. The van der Waals surface area contributed by atoms with Crippen molar-refractivity contribution in [2.75, 3.05) is 26.3 Å². The minimum atomic E-state index is -0.661. The topological polar surface area (TPSA) is 66.1 Å². The monoisotopic (exact) mass is 297 g/mol. The molecule has 0 spiro atoms. The van der Waals surface area contributed by atoms with Crippen LogP contribution in [0.3, 0.4) is 0 Å². The average Bonchev–Trinajstić information content (AvgIpc) is 3.03. The Labute approximate surface area is 126 Å². The van der Waals surface area contributed by atoms with Crippen molar-refractivity contribution < 1.29 is 19.4 Å². The third kappa shape index (κ3) is 4.30. The van der Waals surface area contributed by atoms with Crippen molar-refractivity contribution in [1.29, 1.82) is 0 Å². The van der Waals surface area contributed by atoms with Gasteiger partial charge in [-0.25, -0.2) is 0 Å². The number of furan rings is 1. The minimum Gasteiger partial charge on any atom is -0.467 e. The molecule has 1 aliphatic heterocycles. The molecule has 1 aliphatic rings. The van der Waals surface area contributed by atoms with E-state index < -0.39 is 11.7 Å². The van der Waals surface area contributed by atoms with Crippen molar-refractivity contribution >= 4 is 0 Å². The lowest BCUT2D eigenvalue weighted by Gasteiger charge is -2.41. The van der Waals surface area contributed by atoms with Crippen LogP contribution in [0.4, 0.5) is 0 Å². The predicted molar refractivity (Wildman–Crippen MR) is 80.0 cm³/mol. The summed E-state index contributed by atoms with van der Waals surface area (Å²) in [5.74, 6) is 0.585. The Balaban J connectivity index is 1.98. The summed E-state index contributed by atoms with van der Waals surface area (Å²) in [6.07, 6.45) is 2.95. The third-order valence-corrected chi connectivity index (χ3v) is 4.53. The summed E-state index contributed by atoms with van der Waals surface area (Å²) in [7, 11) is 0. The van der Waals surface area contributed by atoms with Gasteiger partial charge in [-0.05, 0) is 31.4 Å². The van der Waals surface area contributed by atoms with Crippen LogP contribution >= 0.6 is 0 Å². The van der Waals surface area contributed by atoms with Gasteiger partial charge in [0, 0.05) is 19.1 Å². The maximum Gasteiger partial charge on any atom is 0.132 e. The minimum absolute atomic E-state index is 0.100. The molecule has 0 saturated carbocycles. The second-order valence-electron chi connectivity index (χ2n) is 5.90. The predicted octanol–water partition coefficient (Wildman–Crippen LogP) is 1.96. The van der Waals surface area contributed by atoms with Gasteiger partial charge in [-0.15, -0.1) is 0 Å². The Morgan fingerprint density at radius 2 is 2.19 bits per heavy atom. The molecule has 120 valence electrons. The Kier molecular flexibility index (Phi) is 5.81. The largest absolute Gasteiger partial charge is 0.467 e. The quantitative estimate of drug-likeness (QED) is 0.805. The molecular weight excluding hydrogens is 270 g/mol. The molecule has 5 heteroatoms. The number of nitrogens with zero attached hydrogens (tertiary/aromatic N) is 1. The fourth-order valence-electron chi connectivity index (χ4n) is 2.82. The number of aliphatic hydroxyl groups is 2. The first-order valence-electron chi connectivity index (χ1n) is 7.83. The van der Waals surface area contributed by atoms with Crippen molar-refractivity contribution in [3.05, 3.63) is 24.2 Å². The van der Waals surface area contributed by atoms with E-state index >= 15 is 0 Å². The number of β-amino-alcohol motifs (C(OH)–C–C–N with tert-alkyl or cyclic N) is 1. The summed E-state index contributed by atoms with van der Waals surface area (Å²) in [5, 5.41) is 20.8. The van der Waals surface area contributed by atoms with E-state index in [0.29, 0.717) is 31.9 Å². The molecule has 2 N–H and O–H groups in total. The molecule has 1 fully saturated rings. The second-order valence-corrected chi connectivity index (χ2v) is 5.90. The van der Waals surface area contributed by atoms with Gasteiger partial charge >= 0.3 is 0 Å². The molecule has 2 rings (SSSR count). The molecule has 0 amide bonds. The molecule has 21 heavy (non-hydrogen) atoms. The average molecular weight is 297 g/mol. The van der Waals surface area contributed by atoms with Crippen molar-refractivity contribution in [2.45, 2.75) is 50.9 Å². The Bertz CT molecular complexity index is 402. The summed E-state index contributed by atoms with van der Waals surface area (Å²) < 4.78 is 10.8. The van der Waals surface area contributed by atoms with E-state index in [2.05, 4.69) is 4.90 Å². The summed E-state index contributed by atoms with van der Waals surface area (Å²) in [6.45, 7) is 6.70. The maximum absolute atomic E-state index is 10.6. The van der Waals surface area contributed by atoms with Gasteiger partial charge in [0.2, 0.25) is 0 Å². The number of aliphatic hydroxyl groups excluding tert-OH is 1. The van der Waals surface area contributed by atoms with Crippen LogP contribution in [-0.4, -0.2) is 53.1 Å². The van der Waals surface area contributed by atoms with E-state index in [0.717, 1.165) is 19.4 Å². The van der Waals surface area contributed by atoms with E-state index in [1.54, 1.807) is 18.4 Å². The van der Waals surface area contributed by atoms with E-state index in [9.17, 15) is 10.2 Å². The first kappa shape index (κ1) is 16.5. The number of hydrogen-bond donors (Lipinski definition) is 2. The van der Waals surface area contributed by atoms with Crippen LogP contribution in [0.5, 0.6) is 0 Å². The van der Waals surface area contributed by atoms with Gasteiger partial charge in [-0.3, -0.25) is 4.90 Å². The lowest BCUT2D eigenvalue weighted by molar-refractivity contribution is -0.0736. The van der Waals surface area contributed by atoms with Gasteiger partial charge in [-0.2, -0.15) is 0 Å². The van der Waals surface area contributed by atoms with Crippen LogP contribution in [0, 0.1) is 0 Å². The Morgan fingerprint density at radius 3 is 2.81 bits per heavy atom. The number of morpholine rings is 1. The lowest BCUT2D eigenvalue weighted by Crippen LogP contribution is -2.52. The summed E-state index contributed by atoms with van der Waals surface area (Å²) in [4.78, 5) is 2.24. The molecule has 0 aliphatic carbocycles. The second kappa shape index (κ2) is 7.40. The Hall–Kier alpha value is -0.880. The first-order chi connectivity index (χ1) is 10.1. The highest BCUT2D eigenvalue weighted by Gasteiger charge is 2.32. The van der Waals surface area contributed by atoms with Crippen LogP contribution in [-0.2, 0) is 4.74 Å². The molecule has 2 unspecified atom stereocenters. The van der Waals surface area contributed by atoms with Gasteiger partial charge < -0.3 is 19.4 Å². The smallest absolute Gasteiger partial charge is 0.132 e. The molecule has 5 nitrogen and oxygen atoms in total. The van der Waals surface area contributed by atoms with E-state index in [1.165, 1.54) is 0 Å². The molecule has 1 aromatic heterocycles. The van der Waals surface area contributed by atoms with Crippen molar-refractivity contribution in [1.82, 2.24) is 4.90 Å². The van der Waals surface area contributed by atoms with Crippen molar-refractivity contribution in [2.24, 2.45) is 0 Å². The van der Waals surface area contributed by atoms with Crippen LogP contribution in [0.25, 0.3) is 0 Å². The number of ether oxygens (including phenoxy) is 1. The van der Waals surface area contributed by atoms with Gasteiger partial charge in [0.1, 0.15) is 11.9 Å². The fraction of sp³-hybridized carbons (Fsp3) is 0.750. The van der Waals surface area contributed by atoms with E-state index in [4.69, 9.17) is 9.15 Å². The van der Waals surface area contributed by atoms with Crippen LogP contribution in [0.1, 0.15) is 45.0 Å². The van der Waals surface area contributed by atoms with Gasteiger partial charge in [0.05, 0.1) is 25.1 Å². The molecule has 1 saturated heterocycles. The summed E-state index contributed by atoms with van der Waals surface area (Å²) >= 11 is 0. The number of rotatable bonds is 7. The number of hydrogen-bond acceptors (Lipinski definition) is 5. The lowest BCUT2D eigenvalue weighted by atomic mass is 9.95. The molecular formula is C16H27NO4. The molecule has 2 heterocycles. The van der Waals surface area contributed by atoms with Crippen LogP contribution in [0.2, 0.25) is 0 Å². The molecule has 0 aromatic carbocycles. The van der Waals surface area contributed by atoms with Crippen molar-refractivity contribution in [3.8, 4) is 0 Å². The molecule has 2 atom stereocenters. The van der Waals surface area contributed by atoms with Crippen LogP contribution in [0.15, 0.2) is 22.8 Å². The highest BCUT2D eigenvalue weighted by atomic mass is 16.5. The first-order valence-corrected chi connectivity index (χ1v) is 7.83. The zero-order valence-electron chi connectivity index (χ0n) is 13.0. The van der Waals surface area contributed by atoms with Gasteiger partial charge in [0.25, 0.3) is 0 Å². The normalized spacial score (nSPS) is 22.4. The van der Waals surface area contributed by atoms with Crippen LogP contribution < -0.4 is 0 Å². The van der Waals surface area contributed by atoms with E-state index in [-0.39, 0.29) is 6.04 Å². The summed E-state index contributed by atoms with van der Waals surface area (Å²) in [5.41, 5.74) is -0.661. The van der Waals surface area contributed by atoms with Gasteiger partial charge in [-0.1, -0.05) is 13.8 Å². The van der Waals surface area contributed by atoms with Gasteiger partial charge in [0.15, 0.2) is 0 Å². The molecule has 0 bridgehead atoms. The zero-order valence-corrected chi connectivity index (χ0v) is 13.0. The Morgan fingerprint density at radius 1 is 1.43 bits per heavy atom. The van der Waals surface area contributed by atoms with Crippen molar-refractivity contribution in [3.63, 3.8) is 0 Å². The highest BCUT2D eigenvalue weighted by Crippen LogP contribution is 2.25. The molecule has 0 radical (unpaired) electrons. The maximum atomic E-state index is 10.6. The standard InChI is InChI=1S/C16H27NO4/c1-3-16(19,4-2)12-17-7-9-20-11-13(17)10-14(18)15-6-5-8-21-15/h5-6,8,13-14,18-19H,3-4,7,9-12H2,1-2H3. The molecule has 1 aromatic rings.